The van der Waals surface area contributed by atoms with E-state index in [1.165, 1.54) is 0 Å². The maximum absolute atomic E-state index is 11.1. The molecule has 0 amide bonds. The molecule has 0 saturated carbocycles. The van der Waals surface area contributed by atoms with E-state index in [0.29, 0.717) is 17.2 Å². The lowest BCUT2D eigenvalue weighted by Crippen LogP contribution is -2.01. The van der Waals surface area contributed by atoms with Gasteiger partial charge in [0.05, 0.1) is 10.0 Å². The predicted molar refractivity (Wildman–Crippen MR) is 74.9 cm³/mol. The molecule has 4 nitrogen and oxygen atoms in total. The van der Waals surface area contributed by atoms with Crippen molar-refractivity contribution in [2.45, 2.75) is 13.8 Å². The maximum atomic E-state index is 11.1. The number of aromatic nitrogens is 1. The van der Waals surface area contributed by atoms with Crippen molar-refractivity contribution in [3.8, 4) is 11.6 Å². The van der Waals surface area contributed by atoms with Gasteiger partial charge in [-0.25, -0.2) is 9.78 Å². The Morgan fingerprint density at radius 2 is 2.05 bits per heavy atom. The first-order valence-electron chi connectivity index (χ1n) is 5.62. The normalized spacial score (nSPS) is 10.3. The number of benzene rings is 1. The van der Waals surface area contributed by atoms with Crippen LogP contribution in [-0.4, -0.2) is 16.1 Å². The van der Waals surface area contributed by atoms with E-state index in [4.69, 9.17) is 9.84 Å². The minimum atomic E-state index is -0.973. The van der Waals surface area contributed by atoms with Crippen LogP contribution < -0.4 is 4.74 Å². The number of carboxylic acid groups (broad SMARTS) is 1. The maximum Gasteiger partial charge on any atom is 0.336 e. The van der Waals surface area contributed by atoms with Crippen molar-refractivity contribution in [3.05, 3.63) is 51.6 Å². The fourth-order valence-corrected chi connectivity index (χ4v) is 1.96. The van der Waals surface area contributed by atoms with Crippen LogP contribution in [0.2, 0.25) is 0 Å². The highest BCUT2D eigenvalue weighted by Gasteiger charge is 2.13. The standard InChI is InChI=1S/C14H12BrNO3/c1-8-6-7-16-13(12(8)15)19-11-5-3-4-10(9(11)2)14(17)18/h3-7H,1-2H3,(H,17,18). The Morgan fingerprint density at radius 1 is 1.32 bits per heavy atom. The van der Waals surface area contributed by atoms with Gasteiger partial charge in [0.1, 0.15) is 5.75 Å². The van der Waals surface area contributed by atoms with E-state index in [2.05, 4.69) is 20.9 Å². The summed E-state index contributed by atoms with van der Waals surface area (Å²) >= 11 is 3.41. The molecule has 2 rings (SSSR count). The number of carbonyl (C=O) groups is 1. The van der Waals surface area contributed by atoms with Crippen LogP contribution >= 0.6 is 15.9 Å². The molecule has 0 atom stereocenters. The molecule has 0 aliphatic carbocycles. The second-order valence-electron chi connectivity index (χ2n) is 4.08. The molecule has 0 aliphatic rings. The second-order valence-corrected chi connectivity index (χ2v) is 4.88. The van der Waals surface area contributed by atoms with Gasteiger partial charge >= 0.3 is 5.97 Å². The van der Waals surface area contributed by atoms with Crippen molar-refractivity contribution in [1.82, 2.24) is 4.98 Å². The van der Waals surface area contributed by atoms with Gasteiger partial charge in [-0.2, -0.15) is 0 Å². The topological polar surface area (TPSA) is 59.4 Å². The van der Waals surface area contributed by atoms with E-state index in [1.807, 2.05) is 13.0 Å². The summed E-state index contributed by atoms with van der Waals surface area (Å²) in [7, 11) is 0. The molecule has 1 N–H and O–H groups in total. The van der Waals surface area contributed by atoms with E-state index in [1.54, 1.807) is 31.3 Å². The number of aryl methyl sites for hydroxylation is 1. The number of aromatic carboxylic acids is 1. The van der Waals surface area contributed by atoms with Crippen molar-refractivity contribution < 1.29 is 14.6 Å². The van der Waals surface area contributed by atoms with Crippen LogP contribution in [0.5, 0.6) is 11.6 Å². The second kappa shape index (κ2) is 5.40. The van der Waals surface area contributed by atoms with Gasteiger partial charge in [0.15, 0.2) is 0 Å². The average Bonchev–Trinajstić information content (AvgIpc) is 2.37. The highest BCUT2D eigenvalue weighted by atomic mass is 79.9. The lowest BCUT2D eigenvalue weighted by atomic mass is 10.1. The molecule has 0 unspecified atom stereocenters. The van der Waals surface area contributed by atoms with Gasteiger partial charge in [0, 0.05) is 11.8 Å². The lowest BCUT2D eigenvalue weighted by molar-refractivity contribution is 0.0695. The van der Waals surface area contributed by atoms with Crippen LogP contribution in [0, 0.1) is 13.8 Å². The average molecular weight is 322 g/mol. The van der Waals surface area contributed by atoms with Crippen molar-refractivity contribution in [1.29, 1.82) is 0 Å². The minimum absolute atomic E-state index is 0.223. The number of halogens is 1. The number of hydrogen-bond donors (Lipinski definition) is 1. The van der Waals surface area contributed by atoms with Crippen LogP contribution in [0.1, 0.15) is 21.5 Å². The summed E-state index contributed by atoms with van der Waals surface area (Å²) in [5.74, 6) is -0.0662. The highest BCUT2D eigenvalue weighted by Crippen LogP contribution is 2.32. The summed E-state index contributed by atoms with van der Waals surface area (Å²) in [6.07, 6.45) is 1.64. The number of pyridine rings is 1. The fraction of sp³-hybridized carbons (Fsp3) is 0.143. The summed E-state index contributed by atoms with van der Waals surface area (Å²) in [6, 6.07) is 6.77. The molecule has 0 saturated heterocycles. The Hall–Kier alpha value is -1.88. The first kappa shape index (κ1) is 13.5. The quantitative estimate of drug-likeness (QED) is 0.929. The number of nitrogens with zero attached hydrogens (tertiary/aromatic N) is 1. The van der Waals surface area contributed by atoms with Gasteiger partial charge in [-0.1, -0.05) is 6.07 Å². The molecule has 19 heavy (non-hydrogen) atoms. The molecule has 0 radical (unpaired) electrons. The minimum Gasteiger partial charge on any atom is -0.478 e. The SMILES string of the molecule is Cc1ccnc(Oc2cccc(C(=O)O)c2C)c1Br. The van der Waals surface area contributed by atoms with Crippen molar-refractivity contribution in [3.63, 3.8) is 0 Å². The Bertz CT molecular complexity index is 641. The van der Waals surface area contributed by atoms with Gasteiger partial charge in [0.2, 0.25) is 5.88 Å². The summed E-state index contributed by atoms with van der Waals surface area (Å²) in [6.45, 7) is 3.64. The van der Waals surface area contributed by atoms with Gasteiger partial charge in [0.25, 0.3) is 0 Å². The van der Waals surface area contributed by atoms with Crippen molar-refractivity contribution in [2.24, 2.45) is 0 Å². The number of ether oxygens (including phenoxy) is 1. The molecule has 2 aromatic rings. The largest absolute Gasteiger partial charge is 0.478 e. The van der Waals surface area contributed by atoms with Crippen LogP contribution in [0.25, 0.3) is 0 Å². The number of rotatable bonds is 3. The molecule has 1 heterocycles. The molecule has 0 aliphatic heterocycles. The molecule has 0 fully saturated rings. The van der Waals surface area contributed by atoms with Crippen LogP contribution in [-0.2, 0) is 0 Å². The molecule has 0 spiro atoms. The molecular formula is C14H12BrNO3. The smallest absolute Gasteiger partial charge is 0.336 e. The number of carboxylic acids is 1. The third-order valence-corrected chi connectivity index (χ3v) is 3.74. The van der Waals surface area contributed by atoms with Crippen LogP contribution in [0.15, 0.2) is 34.9 Å². The van der Waals surface area contributed by atoms with E-state index in [9.17, 15) is 4.79 Å². The van der Waals surface area contributed by atoms with Gasteiger partial charge < -0.3 is 9.84 Å². The van der Waals surface area contributed by atoms with Crippen molar-refractivity contribution >= 4 is 21.9 Å². The zero-order chi connectivity index (χ0) is 14.0. The Morgan fingerprint density at radius 3 is 2.74 bits per heavy atom. The van der Waals surface area contributed by atoms with Gasteiger partial charge in [-0.05, 0) is 53.5 Å². The summed E-state index contributed by atoms with van der Waals surface area (Å²) < 4.78 is 6.45. The predicted octanol–water partition coefficient (Wildman–Crippen LogP) is 3.95. The molecule has 1 aromatic heterocycles. The van der Waals surface area contributed by atoms with Crippen molar-refractivity contribution in [2.75, 3.05) is 0 Å². The number of hydrogen-bond acceptors (Lipinski definition) is 3. The first-order chi connectivity index (χ1) is 9.00. The molecule has 5 heteroatoms. The Kier molecular flexibility index (Phi) is 3.85. The first-order valence-corrected chi connectivity index (χ1v) is 6.42. The van der Waals surface area contributed by atoms with E-state index in [-0.39, 0.29) is 5.56 Å². The molecule has 0 bridgehead atoms. The summed E-state index contributed by atoms with van der Waals surface area (Å²) in [5, 5.41) is 9.07. The fourth-order valence-electron chi connectivity index (χ4n) is 1.65. The van der Waals surface area contributed by atoms with Gasteiger partial charge in [-0.15, -0.1) is 0 Å². The molecule has 98 valence electrons. The Labute approximate surface area is 119 Å². The zero-order valence-corrected chi connectivity index (χ0v) is 12.1. The van der Waals surface area contributed by atoms with Gasteiger partial charge in [-0.3, -0.25) is 0 Å². The highest BCUT2D eigenvalue weighted by molar-refractivity contribution is 9.10. The lowest BCUT2D eigenvalue weighted by Gasteiger charge is -2.11. The third kappa shape index (κ3) is 2.76. The monoisotopic (exact) mass is 321 g/mol. The third-order valence-electron chi connectivity index (χ3n) is 2.77. The van der Waals surface area contributed by atoms with E-state index < -0.39 is 5.97 Å². The van der Waals surface area contributed by atoms with E-state index in [0.717, 1.165) is 10.0 Å². The summed E-state index contributed by atoms with van der Waals surface area (Å²) in [5.41, 5.74) is 1.79. The van der Waals surface area contributed by atoms with E-state index >= 15 is 0 Å². The molecular weight excluding hydrogens is 310 g/mol. The molecule has 1 aromatic carbocycles. The zero-order valence-electron chi connectivity index (χ0n) is 10.5. The van der Waals surface area contributed by atoms with Crippen LogP contribution in [0.4, 0.5) is 0 Å². The Balaban J connectivity index is 2.42. The summed E-state index contributed by atoms with van der Waals surface area (Å²) in [4.78, 5) is 15.2. The van der Waals surface area contributed by atoms with Crippen LogP contribution in [0.3, 0.4) is 0 Å².